The van der Waals surface area contributed by atoms with Gasteiger partial charge in [0.1, 0.15) is 0 Å². The van der Waals surface area contributed by atoms with Crippen molar-refractivity contribution in [1.82, 2.24) is 0 Å². The molecule has 2 heteroatoms. The van der Waals surface area contributed by atoms with Crippen molar-refractivity contribution < 1.29 is 9.53 Å². The predicted molar refractivity (Wildman–Crippen MR) is 63.9 cm³/mol. The van der Waals surface area contributed by atoms with Gasteiger partial charge in [0, 0.05) is 6.42 Å². The number of aryl methyl sites for hydroxylation is 1. The molecule has 0 spiro atoms. The summed E-state index contributed by atoms with van der Waals surface area (Å²) in [5, 5.41) is 0. The van der Waals surface area contributed by atoms with Gasteiger partial charge in [0.15, 0.2) is 0 Å². The third-order valence-corrected chi connectivity index (χ3v) is 3.42. The van der Waals surface area contributed by atoms with Crippen LogP contribution < -0.4 is 0 Å². The molecule has 1 aliphatic heterocycles. The first-order valence-corrected chi connectivity index (χ1v) is 5.48. The maximum Gasteiger partial charge on any atom is 0.316 e. The number of rotatable bonds is 2. The van der Waals surface area contributed by atoms with Gasteiger partial charge in [-0.25, -0.2) is 0 Å². The second-order valence-corrected chi connectivity index (χ2v) is 4.51. The average molecular weight is 216 g/mol. The second-order valence-electron chi connectivity index (χ2n) is 4.51. The molecular formula is C14H16O2. The molecule has 1 fully saturated rings. The Hall–Kier alpha value is -1.57. The van der Waals surface area contributed by atoms with Gasteiger partial charge in [0.2, 0.25) is 0 Å². The van der Waals surface area contributed by atoms with E-state index in [0.29, 0.717) is 6.61 Å². The quantitative estimate of drug-likeness (QED) is 0.710. The number of carbonyl (C=O) groups excluding carboxylic acids is 1. The normalized spacial score (nSPS) is 24.2. The van der Waals surface area contributed by atoms with Crippen LogP contribution in [0.2, 0.25) is 0 Å². The van der Waals surface area contributed by atoms with E-state index in [4.69, 9.17) is 4.74 Å². The molecule has 1 aromatic rings. The van der Waals surface area contributed by atoms with Crippen molar-refractivity contribution in [3.8, 4) is 0 Å². The third-order valence-electron chi connectivity index (χ3n) is 3.42. The van der Waals surface area contributed by atoms with Gasteiger partial charge in [-0.2, -0.15) is 0 Å². The van der Waals surface area contributed by atoms with Crippen LogP contribution in [0.4, 0.5) is 0 Å². The lowest BCUT2D eigenvalue weighted by Gasteiger charge is -2.23. The molecule has 0 amide bonds. The van der Waals surface area contributed by atoms with Crippen LogP contribution in [0.15, 0.2) is 30.8 Å². The lowest BCUT2D eigenvalue weighted by atomic mass is 9.77. The first kappa shape index (κ1) is 10.9. The summed E-state index contributed by atoms with van der Waals surface area (Å²) < 4.78 is 5.05. The standard InChI is InChI=1S/C14H16O2/c1-10-6-4-5-7-12(10)11(2)14(3)8-9-16-13(14)15/h4-7H,2,8-9H2,1,3H3. The molecule has 0 radical (unpaired) electrons. The fourth-order valence-corrected chi connectivity index (χ4v) is 2.09. The number of cyclic esters (lactones) is 1. The second kappa shape index (κ2) is 3.78. The van der Waals surface area contributed by atoms with Crippen LogP contribution in [0.3, 0.4) is 0 Å². The molecule has 0 bridgehead atoms. The van der Waals surface area contributed by atoms with Crippen molar-refractivity contribution in [1.29, 1.82) is 0 Å². The Morgan fingerprint density at radius 3 is 2.69 bits per heavy atom. The molecule has 0 aliphatic carbocycles. The largest absolute Gasteiger partial charge is 0.465 e. The van der Waals surface area contributed by atoms with Crippen molar-refractivity contribution in [2.24, 2.45) is 5.41 Å². The van der Waals surface area contributed by atoms with E-state index in [1.165, 1.54) is 0 Å². The minimum absolute atomic E-state index is 0.152. The molecular weight excluding hydrogens is 200 g/mol. The van der Waals surface area contributed by atoms with E-state index in [9.17, 15) is 4.79 Å². The lowest BCUT2D eigenvalue weighted by Crippen LogP contribution is -2.23. The molecule has 0 saturated carbocycles. The summed E-state index contributed by atoms with van der Waals surface area (Å²) in [6.07, 6.45) is 0.721. The van der Waals surface area contributed by atoms with Crippen molar-refractivity contribution in [3.63, 3.8) is 0 Å². The number of hydrogen-bond acceptors (Lipinski definition) is 2. The Morgan fingerprint density at radius 1 is 1.44 bits per heavy atom. The molecule has 16 heavy (non-hydrogen) atoms. The Bertz CT molecular complexity index is 448. The highest BCUT2D eigenvalue weighted by Gasteiger charge is 2.42. The SMILES string of the molecule is C=C(c1ccccc1C)C1(C)CCOC1=O. The smallest absolute Gasteiger partial charge is 0.316 e. The molecule has 1 unspecified atom stereocenters. The van der Waals surface area contributed by atoms with Crippen molar-refractivity contribution in [2.45, 2.75) is 20.3 Å². The van der Waals surface area contributed by atoms with Crippen LogP contribution in [-0.4, -0.2) is 12.6 Å². The van der Waals surface area contributed by atoms with Gasteiger partial charge >= 0.3 is 5.97 Å². The minimum atomic E-state index is -0.549. The zero-order valence-corrected chi connectivity index (χ0v) is 9.75. The van der Waals surface area contributed by atoms with E-state index in [2.05, 4.69) is 6.58 Å². The van der Waals surface area contributed by atoms with E-state index in [1.54, 1.807) is 0 Å². The van der Waals surface area contributed by atoms with Crippen LogP contribution in [0, 0.1) is 12.3 Å². The summed E-state index contributed by atoms with van der Waals surface area (Å²) in [6, 6.07) is 8.00. The van der Waals surface area contributed by atoms with Crippen molar-refractivity contribution in [2.75, 3.05) is 6.61 Å². The highest BCUT2D eigenvalue weighted by Crippen LogP contribution is 2.42. The monoisotopic (exact) mass is 216 g/mol. The van der Waals surface area contributed by atoms with Gasteiger partial charge in [0.05, 0.1) is 12.0 Å². The first-order valence-electron chi connectivity index (χ1n) is 5.48. The molecule has 2 rings (SSSR count). The summed E-state index contributed by atoms with van der Waals surface area (Å²) in [6.45, 7) is 8.54. The van der Waals surface area contributed by atoms with E-state index in [-0.39, 0.29) is 5.97 Å². The number of hydrogen-bond donors (Lipinski definition) is 0. The molecule has 2 nitrogen and oxygen atoms in total. The van der Waals surface area contributed by atoms with Crippen LogP contribution in [0.5, 0.6) is 0 Å². The predicted octanol–water partition coefficient (Wildman–Crippen LogP) is 2.96. The van der Waals surface area contributed by atoms with Crippen molar-refractivity contribution in [3.05, 3.63) is 42.0 Å². The van der Waals surface area contributed by atoms with Gasteiger partial charge < -0.3 is 4.74 Å². The van der Waals surface area contributed by atoms with Gasteiger partial charge in [0.25, 0.3) is 0 Å². The van der Waals surface area contributed by atoms with Gasteiger partial charge in [-0.1, -0.05) is 30.8 Å². The summed E-state index contributed by atoms with van der Waals surface area (Å²) in [4.78, 5) is 11.7. The van der Waals surface area contributed by atoms with Gasteiger partial charge in [-0.05, 0) is 30.5 Å². The molecule has 0 N–H and O–H groups in total. The molecule has 1 aromatic carbocycles. The minimum Gasteiger partial charge on any atom is -0.465 e. The zero-order valence-electron chi connectivity index (χ0n) is 9.75. The third kappa shape index (κ3) is 1.54. The van der Waals surface area contributed by atoms with Gasteiger partial charge in [-0.3, -0.25) is 4.79 Å². The number of benzene rings is 1. The summed E-state index contributed by atoms with van der Waals surface area (Å²) in [5.74, 6) is -0.152. The van der Waals surface area contributed by atoms with Crippen LogP contribution in [0.1, 0.15) is 24.5 Å². The molecule has 1 atom stereocenters. The number of esters is 1. The maximum absolute atomic E-state index is 11.7. The average Bonchev–Trinajstić information content (AvgIpc) is 2.60. The van der Waals surface area contributed by atoms with Crippen LogP contribution >= 0.6 is 0 Å². The molecule has 1 aliphatic rings. The topological polar surface area (TPSA) is 26.3 Å². The fourth-order valence-electron chi connectivity index (χ4n) is 2.09. The van der Waals surface area contributed by atoms with Crippen molar-refractivity contribution >= 4 is 11.5 Å². The van der Waals surface area contributed by atoms with Crippen LogP contribution in [-0.2, 0) is 9.53 Å². The van der Waals surface area contributed by atoms with E-state index < -0.39 is 5.41 Å². The first-order chi connectivity index (χ1) is 7.55. The highest BCUT2D eigenvalue weighted by molar-refractivity contribution is 5.93. The van der Waals surface area contributed by atoms with E-state index in [0.717, 1.165) is 23.1 Å². The number of carbonyl (C=O) groups is 1. The molecule has 84 valence electrons. The lowest BCUT2D eigenvalue weighted by molar-refractivity contribution is -0.143. The Morgan fingerprint density at radius 2 is 2.12 bits per heavy atom. The molecule has 1 saturated heterocycles. The maximum atomic E-state index is 11.7. The summed E-state index contributed by atoms with van der Waals surface area (Å²) in [5.41, 5.74) is 2.52. The van der Waals surface area contributed by atoms with Crippen LogP contribution in [0.25, 0.3) is 5.57 Å². The zero-order chi connectivity index (χ0) is 11.8. The fraction of sp³-hybridized carbons (Fsp3) is 0.357. The Balaban J connectivity index is 2.40. The molecule has 0 aromatic heterocycles. The summed E-state index contributed by atoms with van der Waals surface area (Å²) >= 11 is 0. The Labute approximate surface area is 95.9 Å². The Kier molecular flexibility index (Phi) is 2.58. The van der Waals surface area contributed by atoms with Gasteiger partial charge in [-0.15, -0.1) is 0 Å². The van der Waals surface area contributed by atoms with E-state index in [1.807, 2.05) is 38.1 Å². The number of ether oxygens (including phenoxy) is 1. The molecule has 1 heterocycles. The highest BCUT2D eigenvalue weighted by atomic mass is 16.5. The summed E-state index contributed by atoms with van der Waals surface area (Å²) in [7, 11) is 0. The van der Waals surface area contributed by atoms with E-state index >= 15 is 0 Å².